The van der Waals surface area contributed by atoms with E-state index in [0.717, 1.165) is 51.4 Å². The maximum Gasteiger partial charge on any atom is 0.319 e. The number of rotatable bonds is 50. The molecular weight excluding hydrogens is 865 g/mol. The Bertz CT molecular complexity index is 963. The number of unbranched alkanes of at least 4 members (excludes halogenated alkanes) is 36. The molecule has 10 heteroatoms. The number of esters is 4. The Labute approximate surface area is 419 Å². The van der Waals surface area contributed by atoms with Gasteiger partial charge in [-0.15, -0.1) is 0 Å². The molecule has 2 atom stereocenters. The lowest BCUT2D eigenvalue weighted by atomic mass is 10.1. The van der Waals surface area contributed by atoms with Crippen molar-refractivity contribution < 1.29 is 38.1 Å². The third kappa shape index (κ3) is 53.5. The lowest BCUT2D eigenvalue weighted by molar-refractivity contribution is -0.149. The number of carbonyl (C=O) groups excluding carboxylic acids is 4. The molecule has 0 radical (unpaired) electrons. The van der Waals surface area contributed by atoms with E-state index in [1.165, 1.54) is 205 Å². The van der Waals surface area contributed by atoms with Crippen molar-refractivity contribution in [1.82, 2.24) is 0 Å². The molecule has 0 aliphatic carbocycles. The summed E-state index contributed by atoms with van der Waals surface area (Å²) < 4.78 is 21.0. The second-order valence-electron chi connectivity index (χ2n) is 18.9. The normalized spacial score (nSPS) is 12.0. The van der Waals surface area contributed by atoms with E-state index in [2.05, 4.69) is 53.0 Å². The Balaban J connectivity index is 0. The van der Waals surface area contributed by atoms with E-state index in [4.69, 9.17) is 18.9 Å². The first-order chi connectivity index (χ1) is 32.2. The van der Waals surface area contributed by atoms with E-state index >= 15 is 0 Å². The highest BCUT2D eigenvalue weighted by Gasteiger charge is 2.21. The lowest BCUT2D eigenvalue weighted by Gasteiger charge is -2.11. The molecule has 0 spiro atoms. The summed E-state index contributed by atoms with van der Waals surface area (Å²) in [5.74, 6) is -1.54. The number of carbonyl (C=O) groups is 4. The van der Waals surface area contributed by atoms with Gasteiger partial charge in [-0.2, -0.15) is 25.3 Å². The van der Waals surface area contributed by atoms with Crippen LogP contribution in [0.2, 0.25) is 0 Å². The zero-order valence-electron chi connectivity index (χ0n) is 43.8. The summed E-state index contributed by atoms with van der Waals surface area (Å²) in [5.41, 5.74) is 0. The van der Waals surface area contributed by atoms with Crippen LogP contribution in [0.5, 0.6) is 0 Å². The van der Waals surface area contributed by atoms with Crippen molar-refractivity contribution in [1.29, 1.82) is 0 Å². The van der Waals surface area contributed by atoms with Crippen LogP contribution in [0.25, 0.3) is 0 Å². The van der Waals surface area contributed by atoms with Gasteiger partial charge in [0.1, 0.15) is 10.5 Å². The fourth-order valence-corrected chi connectivity index (χ4v) is 8.32. The molecule has 0 aromatic rings. The molecule has 0 fully saturated rings. The van der Waals surface area contributed by atoms with Gasteiger partial charge in [-0.25, -0.2) is 0 Å². The first kappa shape index (κ1) is 66.7. The van der Waals surface area contributed by atoms with Gasteiger partial charge in [-0.3, -0.25) is 19.2 Å². The van der Waals surface area contributed by atoms with E-state index in [1.54, 1.807) is 0 Å². The second-order valence-corrected chi connectivity index (χ2v) is 20.2. The fraction of sp³-hybridized carbons (Fsp3) is 0.929. The van der Waals surface area contributed by atoms with Gasteiger partial charge in [0.2, 0.25) is 0 Å². The highest BCUT2D eigenvalue weighted by atomic mass is 32.1. The van der Waals surface area contributed by atoms with Crippen molar-refractivity contribution >= 4 is 49.1 Å². The topological polar surface area (TPSA) is 105 Å². The quantitative estimate of drug-likeness (QED) is 0.0269. The van der Waals surface area contributed by atoms with Gasteiger partial charge in [-0.05, 0) is 25.7 Å². The largest absolute Gasteiger partial charge is 0.466 e. The fourth-order valence-electron chi connectivity index (χ4n) is 7.87. The third-order valence-electron chi connectivity index (χ3n) is 12.3. The summed E-state index contributed by atoms with van der Waals surface area (Å²) in [7, 11) is 0. The standard InChI is InChI=1S/2C28H54O4S/c2*1-3-5-7-9-11-13-15-17-19-21-23-31-27(29)25-26(33)28(30)32-24-22-20-18-16-14-12-10-8-6-4-2/h2*26,33H,3-25H2,1-2H3. The smallest absolute Gasteiger partial charge is 0.319 e. The molecule has 0 aliphatic heterocycles. The number of ether oxygens (including phenoxy) is 4. The van der Waals surface area contributed by atoms with Crippen molar-refractivity contribution in [2.24, 2.45) is 0 Å². The predicted molar refractivity (Wildman–Crippen MR) is 286 cm³/mol. The van der Waals surface area contributed by atoms with Crippen molar-refractivity contribution in [3.05, 3.63) is 0 Å². The lowest BCUT2D eigenvalue weighted by Crippen LogP contribution is -2.23. The average Bonchev–Trinajstić information content (AvgIpc) is 3.30. The zero-order valence-corrected chi connectivity index (χ0v) is 45.6. The molecule has 392 valence electrons. The minimum absolute atomic E-state index is 0.0161. The molecule has 0 aromatic heterocycles. The van der Waals surface area contributed by atoms with Crippen LogP contribution in [0, 0.1) is 0 Å². The molecule has 8 nitrogen and oxygen atoms in total. The number of thiol groups is 2. The Kier molecular flexibility index (Phi) is 56.7. The molecule has 0 aliphatic rings. The molecule has 0 bridgehead atoms. The van der Waals surface area contributed by atoms with Crippen LogP contribution in [0.15, 0.2) is 0 Å². The average molecular weight is 974 g/mol. The van der Waals surface area contributed by atoms with E-state index in [9.17, 15) is 19.2 Å². The summed E-state index contributed by atoms with van der Waals surface area (Å²) in [6.07, 6.45) is 49.8. The minimum Gasteiger partial charge on any atom is -0.466 e. The summed E-state index contributed by atoms with van der Waals surface area (Å²) in [4.78, 5) is 47.8. The van der Waals surface area contributed by atoms with Crippen LogP contribution in [0.4, 0.5) is 0 Å². The van der Waals surface area contributed by atoms with Gasteiger partial charge in [0, 0.05) is 0 Å². The van der Waals surface area contributed by atoms with Gasteiger partial charge >= 0.3 is 23.9 Å². The first-order valence-electron chi connectivity index (χ1n) is 28.2. The Morgan fingerprint density at radius 2 is 0.439 bits per heavy atom. The highest BCUT2D eigenvalue weighted by Crippen LogP contribution is 2.15. The second kappa shape index (κ2) is 56.2. The SMILES string of the molecule is CCCCCCCCCCCCOC(=O)CC(S)C(=O)OCCCCCCCCCCCC.CCCCCCCCCCCCOC(=O)CC(S)C(=O)OCCCCCCCCCCCC. The number of hydrogen-bond acceptors (Lipinski definition) is 10. The van der Waals surface area contributed by atoms with Gasteiger partial charge in [0.25, 0.3) is 0 Å². The van der Waals surface area contributed by atoms with Gasteiger partial charge in [0.15, 0.2) is 0 Å². The zero-order chi connectivity index (χ0) is 48.8. The van der Waals surface area contributed by atoms with Crippen LogP contribution >= 0.6 is 25.3 Å². The summed E-state index contributed by atoms with van der Waals surface area (Å²) in [6.45, 7) is 10.7. The molecule has 2 unspecified atom stereocenters. The van der Waals surface area contributed by atoms with Crippen LogP contribution in [-0.2, 0) is 38.1 Å². The molecule has 0 heterocycles. The van der Waals surface area contributed by atoms with Gasteiger partial charge in [0.05, 0.1) is 39.3 Å². The summed E-state index contributed by atoms with van der Waals surface area (Å²) >= 11 is 8.45. The minimum atomic E-state index is -0.728. The molecular formula is C56H108O8S2. The monoisotopic (exact) mass is 973 g/mol. The van der Waals surface area contributed by atoms with Crippen molar-refractivity contribution in [2.45, 2.75) is 308 Å². The Hall–Kier alpha value is -1.42. The van der Waals surface area contributed by atoms with E-state index in [-0.39, 0.29) is 24.8 Å². The predicted octanol–water partition coefficient (Wildman–Crippen LogP) is 17.2. The maximum absolute atomic E-state index is 12.0. The molecule has 0 aromatic carbocycles. The van der Waals surface area contributed by atoms with Gasteiger partial charge < -0.3 is 18.9 Å². The van der Waals surface area contributed by atoms with Crippen LogP contribution in [0.1, 0.15) is 297 Å². The van der Waals surface area contributed by atoms with Gasteiger partial charge in [-0.1, -0.05) is 259 Å². The maximum atomic E-state index is 12.0. The molecule has 0 rings (SSSR count). The van der Waals surface area contributed by atoms with E-state index in [0.29, 0.717) is 26.4 Å². The molecule has 0 saturated heterocycles. The summed E-state index contributed by atoms with van der Waals surface area (Å²) in [5, 5.41) is -1.46. The highest BCUT2D eigenvalue weighted by molar-refractivity contribution is 7.82. The molecule has 0 amide bonds. The molecule has 0 N–H and O–H groups in total. The van der Waals surface area contributed by atoms with Crippen molar-refractivity contribution in [2.75, 3.05) is 26.4 Å². The van der Waals surface area contributed by atoms with Crippen molar-refractivity contribution in [3.63, 3.8) is 0 Å². The van der Waals surface area contributed by atoms with Crippen LogP contribution in [0.3, 0.4) is 0 Å². The molecule has 66 heavy (non-hydrogen) atoms. The van der Waals surface area contributed by atoms with E-state index in [1.807, 2.05) is 0 Å². The van der Waals surface area contributed by atoms with Crippen molar-refractivity contribution in [3.8, 4) is 0 Å². The Morgan fingerprint density at radius 3 is 0.636 bits per heavy atom. The Morgan fingerprint density at radius 1 is 0.273 bits per heavy atom. The van der Waals surface area contributed by atoms with Crippen LogP contribution < -0.4 is 0 Å². The number of hydrogen-bond donors (Lipinski definition) is 2. The third-order valence-corrected chi connectivity index (χ3v) is 13.1. The van der Waals surface area contributed by atoms with Crippen LogP contribution in [-0.4, -0.2) is 60.8 Å². The first-order valence-corrected chi connectivity index (χ1v) is 29.3. The molecule has 0 saturated carbocycles. The summed E-state index contributed by atoms with van der Waals surface area (Å²) in [6, 6.07) is 0. The van der Waals surface area contributed by atoms with E-state index < -0.39 is 22.4 Å².